The lowest BCUT2D eigenvalue weighted by molar-refractivity contribution is -0.167. The molecule has 1 atom stereocenters. The Kier molecular flexibility index (Phi) is 62.9. The molecule has 0 aliphatic rings. The van der Waals surface area contributed by atoms with Crippen LogP contribution in [0.5, 0.6) is 0 Å². The average molecular weight is 1110 g/mol. The molecule has 0 aromatic rings. The zero-order chi connectivity index (χ0) is 57.8. The highest BCUT2D eigenvalue weighted by atomic mass is 16.6. The van der Waals surface area contributed by atoms with Crippen molar-refractivity contribution in [3.05, 3.63) is 146 Å². The van der Waals surface area contributed by atoms with Crippen LogP contribution in [0.25, 0.3) is 0 Å². The van der Waals surface area contributed by atoms with Crippen LogP contribution in [0.4, 0.5) is 0 Å². The summed E-state index contributed by atoms with van der Waals surface area (Å²) in [5.41, 5.74) is 0. The largest absolute Gasteiger partial charge is 0.462 e. The maximum absolute atomic E-state index is 12.9. The minimum absolute atomic E-state index is 0.103. The van der Waals surface area contributed by atoms with Crippen molar-refractivity contribution in [3.8, 4) is 0 Å². The summed E-state index contributed by atoms with van der Waals surface area (Å²) in [5, 5.41) is 0. The molecule has 0 fully saturated rings. The van der Waals surface area contributed by atoms with E-state index in [-0.39, 0.29) is 31.1 Å². The summed E-state index contributed by atoms with van der Waals surface area (Å²) in [7, 11) is 0. The number of rotatable bonds is 58. The van der Waals surface area contributed by atoms with Crippen LogP contribution in [0.1, 0.15) is 284 Å². The highest BCUT2D eigenvalue weighted by Crippen LogP contribution is 2.14. The van der Waals surface area contributed by atoms with E-state index in [4.69, 9.17) is 14.2 Å². The first-order valence-electron chi connectivity index (χ1n) is 32.8. The first-order valence-corrected chi connectivity index (χ1v) is 32.8. The fourth-order valence-electron chi connectivity index (χ4n) is 8.64. The van der Waals surface area contributed by atoms with Gasteiger partial charge in [0, 0.05) is 19.3 Å². The quantitative estimate of drug-likeness (QED) is 0.0261. The molecule has 0 aromatic heterocycles. The van der Waals surface area contributed by atoms with Gasteiger partial charge in [-0.05, 0) is 148 Å². The van der Waals surface area contributed by atoms with Crippen LogP contribution >= 0.6 is 0 Å². The Morgan fingerprint density at radius 2 is 0.487 bits per heavy atom. The molecule has 0 aliphatic heterocycles. The van der Waals surface area contributed by atoms with Crippen molar-refractivity contribution in [1.82, 2.24) is 0 Å². The van der Waals surface area contributed by atoms with Gasteiger partial charge in [0.15, 0.2) is 6.10 Å². The van der Waals surface area contributed by atoms with E-state index < -0.39 is 6.10 Å². The predicted molar refractivity (Wildman–Crippen MR) is 348 cm³/mol. The third-order valence-corrected chi connectivity index (χ3v) is 13.5. The molecule has 80 heavy (non-hydrogen) atoms. The Hall–Kier alpha value is -4.71. The molecule has 0 aliphatic carbocycles. The summed E-state index contributed by atoms with van der Waals surface area (Å²) >= 11 is 0. The van der Waals surface area contributed by atoms with Crippen LogP contribution in [0.15, 0.2) is 146 Å². The van der Waals surface area contributed by atoms with Crippen molar-refractivity contribution < 1.29 is 28.6 Å². The fourth-order valence-corrected chi connectivity index (χ4v) is 8.64. The molecule has 0 N–H and O–H groups in total. The Balaban J connectivity index is 4.39. The van der Waals surface area contributed by atoms with Crippen molar-refractivity contribution in [2.24, 2.45) is 0 Å². The van der Waals surface area contributed by atoms with Gasteiger partial charge < -0.3 is 14.2 Å². The molecule has 0 saturated carbocycles. The number of unbranched alkanes of at least 4 members (excludes halogenated alkanes) is 23. The van der Waals surface area contributed by atoms with Crippen molar-refractivity contribution in [1.29, 1.82) is 0 Å². The number of hydrogen-bond donors (Lipinski definition) is 0. The zero-order valence-electron chi connectivity index (χ0n) is 51.8. The lowest BCUT2D eigenvalue weighted by Crippen LogP contribution is -2.30. The van der Waals surface area contributed by atoms with Gasteiger partial charge in [-0.3, -0.25) is 14.4 Å². The Labute approximate surface area is 493 Å². The standard InChI is InChI=1S/C74H120O6/c1-4-7-10-13-16-19-22-25-27-29-30-31-32-33-34-35-36-37-38-39-40-41-42-43-44-45-47-49-52-55-58-61-64-67-73(76)79-70-71(69-78-72(75)66-63-60-57-54-51-48-24-21-18-15-12-9-6-3)80-74(77)68-65-62-59-56-53-50-46-28-26-23-20-17-14-11-8-5-2/h7,10,16,19,21,24-25,27-28,30-31,33-34,36-37,39-40,42-43,45-47,52,55,71H,4-6,8-9,11-15,17-18,20,22-23,26,29,32,35,38,41,44,48-51,53-54,56-70H2,1-3H3/b10-7-,19-16-,24-21-,27-25-,31-30-,34-33-,37-36-,40-39-,43-42-,46-28-,47-45-,55-52-. The van der Waals surface area contributed by atoms with Crippen molar-refractivity contribution in [2.75, 3.05) is 13.2 Å². The number of carbonyl (C=O) groups is 3. The molecule has 6 heteroatoms. The molecule has 0 amide bonds. The molecule has 0 rings (SSSR count). The summed E-state index contributed by atoms with van der Waals surface area (Å²) < 4.78 is 16.9. The zero-order valence-corrected chi connectivity index (χ0v) is 51.8. The lowest BCUT2D eigenvalue weighted by atomic mass is 10.1. The van der Waals surface area contributed by atoms with E-state index in [0.29, 0.717) is 25.7 Å². The lowest BCUT2D eigenvalue weighted by Gasteiger charge is -2.18. The summed E-state index contributed by atoms with van der Waals surface area (Å²) in [6, 6.07) is 0. The fraction of sp³-hybridized carbons (Fsp3) is 0.635. The minimum atomic E-state index is -0.809. The topological polar surface area (TPSA) is 78.9 Å². The van der Waals surface area contributed by atoms with E-state index in [2.05, 4.69) is 167 Å². The predicted octanol–water partition coefficient (Wildman–Crippen LogP) is 22.7. The van der Waals surface area contributed by atoms with Crippen LogP contribution < -0.4 is 0 Å². The maximum atomic E-state index is 12.9. The Morgan fingerprint density at radius 3 is 0.812 bits per heavy atom. The average Bonchev–Trinajstić information content (AvgIpc) is 3.46. The Morgan fingerprint density at radius 1 is 0.263 bits per heavy atom. The highest BCUT2D eigenvalue weighted by Gasteiger charge is 2.19. The van der Waals surface area contributed by atoms with Crippen molar-refractivity contribution in [2.45, 2.75) is 290 Å². The first-order chi connectivity index (χ1) is 39.5. The monoisotopic (exact) mass is 1100 g/mol. The van der Waals surface area contributed by atoms with E-state index in [1.807, 2.05) is 0 Å². The number of carbonyl (C=O) groups excluding carboxylic acids is 3. The summed E-state index contributed by atoms with van der Waals surface area (Å²) in [5.74, 6) is -0.965. The number of esters is 3. The Bertz CT molecular complexity index is 1750. The second kappa shape index (κ2) is 66.8. The van der Waals surface area contributed by atoms with Gasteiger partial charge in [0.25, 0.3) is 0 Å². The van der Waals surface area contributed by atoms with Gasteiger partial charge in [-0.25, -0.2) is 0 Å². The molecule has 0 spiro atoms. The highest BCUT2D eigenvalue weighted by molar-refractivity contribution is 5.71. The van der Waals surface area contributed by atoms with E-state index in [1.54, 1.807) is 0 Å². The molecule has 0 heterocycles. The number of hydrogen-bond acceptors (Lipinski definition) is 6. The van der Waals surface area contributed by atoms with Crippen molar-refractivity contribution >= 4 is 17.9 Å². The van der Waals surface area contributed by atoms with Gasteiger partial charge in [0.05, 0.1) is 0 Å². The van der Waals surface area contributed by atoms with Crippen LogP contribution in [0.3, 0.4) is 0 Å². The molecule has 0 radical (unpaired) electrons. The third kappa shape index (κ3) is 64.1. The number of ether oxygens (including phenoxy) is 3. The molecule has 0 aromatic carbocycles. The normalized spacial score (nSPS) is 13.1. The van der Waals surface area contributed by atoms with E-state index in [0.717, 1.165) is 141 Å². The van der Waals surface area contributed by atoms with Crippen LogP contribution in [-0.4, -0.2) is 37.2 Å². The van der Waals surface area contributed by atoms with Gasteiger partial charge in [0.2, 0.25) is 0 Å². The van der Waals surface area contributed by atoms with E-state index in [1.165, 1.54) is 96.3 Å². The van der Waals surface area contributed by atoms with E-state index in [9.17, 15) is 14.4 Å². The van der Waals surface area contributed by atoms with Gasteiger partial charge in [0.1, 0.15) is 13.2 Å². The minimum Gasteiger partial charge on any atom is -0.462 e. The summed E-state index contributed by atoms with van der Waals surface area (Å²) in [6.07, 6.45) is 95.7. The van der Waals surface area contributed by atoms with Gasteiger partial charge >= 0.3 is 17.9 Å². The maximum Gasteiger partial charge on any atom is 0.306 e. The summed E-state index contributed by atoms with van der Waals surface area (Å²) in [6.45, 7) is 6.46. The second-order valence-electron chi connectivity index (χ2n) is 21.3. The molecule has 452 valence electrons. The van der Waals surface area contributed by atoms with Gasteiger partial charge in [-0.15, -0.1) is 0 Å². The number of allylic oxidation sites excluding steroid dienone is 24. The molecule has 6 nitrogen and oxygen atoms in total. The third-order valence-electron chi connectivity index (χ3n) is 13.5. The van der Waals surface area contributed by atoms with Crippen LogP contribution in [-0.2, 0) is 28.6 Å². The molecular weight excluding hydrogens is 985 g/mol. The second-order valence-corrected chi connectivity index (χ2v) is 21.3. The van der Waals surface area contributed by atoms with Crippen LogP contribution in [0.2, 0.25) is 0 Å². The first kappa shape index (κ1) is 75.3. The van der Waals surface area contributed by atoms with Gasteiger partial charge in [-0.1, -0.05) is 263 Å². The van der Waals surface area contributed by atoms with Crippen LogP contribution in [0, 0.1) is 0 Å². The SMILES string of the molecule is CC/C=C\C/C=C\C/C=C\C/C=C\C/C=C\C/C=C\C/C=C\C/C=C\C/C=C\C/C=C\CCCCC(=O)OCC(COC(=O)CCCCCCC/C=C\CCCCCC)OC(=O)CCCCCCC/C=C\CCCCCCCCC. The smallest absolute Gasteiger partial charge is 0.306 e. The summed E-state index contributed by atoms with van der Waals surface area (Å²) in [4.78, 5) is 38.3. The molecule has 0 saturated heterocycles. The van der Waals surface area contributed by atoms with Crippen molar-refractivity contribution in [3.63, 3.8) is 0 Å². The van der Waals surface area contributed by atoms with E-state index >= 15 is 0 Å². The molecular formula is C74H120O6. The van der Waals surface area contributed by atoms with Gasteiger partial charge in [-0.2, -0.15) is 0 Å². The molecule has 0 bridgehead atoms. The molecule has 1 unspecified atom stereocenters.